The van der Waals surface area contributed by atoms with E-state index >= 15 is 0 Å². The number of amides is 4. The number of halogens is 1. The highest BCUT2D eigenvalue weighted by Gasteiger charge is 2.29. The van der Waals surface area contributed by atoms with Crippen LogP contribution in [0, 0.1) is 9.56 Å². The first kappa shape index (κ1) is 38.8. The van der Waals surface area contributed by atoms with E-state index in [0.717, 1.165) is 88.4 Å². The van der Waals surface area contributed by atoms with Gasteiger partial charge in [0, 0.05) is 35.9 Å². The van der Waals surface area contributed by atoms with Crippen molar-refractivity contribution in [1.29, 1.82) is 9.56 Å². The number of nitrogens with one attached hydrogen (secondary N) is 6. The van der Waals surface area contributed by atoms with Crippen LogP contribution in [0.1, 0.15) is 110 Å². The van der Waals surface area contributed by atoms with E-state index in [9.17, 15) is 18.0 Å². The topological polar surface area (TPSA) is 200 Å². The van der Waals surface area contributed by atoms with Gasteiger partial charge in [0.25, 0.3) is 0 Å². The number of urea groups is 2. The molecule has 0 saturated carbocycles. The molecule has 14 nitrogen and oxygen atoms in total. The quantitative estimate of drug-likeness (QED) is 0.105. The summed E-state index contributed by atoms with van der Waals surface area (Å²) in [5.41, 5.74) is 11.7. The Morgan fingerprint density at radius 1 is 0.673 bits per heavy atom. The lowest BCUT2D eigenvalue weighted by molar-refractivity contribution is 0.256. The zero-order valence-corrected chi connectivity index (χ0v) is 34.0. The molecule has 4 aromatic rings. The Labute approximate surface area is 327 Å². The zero-order chi connectivity index (χ0) is 39.2. The van der Waals surface area contributed by atoms with Crippen LogP contribution in [-0.2, 0) is 71.2 Å². The highest BCUT2D eigenvalue weighted by Crippen LogP contribution is 2.40. The molecule has 0 spiro atoms. The zero-order valence-electron chi connectivity index (χ0n) is 31.6. The summed E-state index contributed by atoms with van der Waals surface area (Å²) < 4.78 is 49.6. The van der Waals surface area contributed by atoms with Crippen molar-refractivity contribution in [1.82, 2.24) is 29.0 Å². The van der Waals surface area contributed by atoms with Crippen LogP contribution < -0.4 is 20.1 Å². The lowest BCUT2D eigenvalue weighted by Crippen LogP contribution is -2.34. The Kier molecular flexibility index (Phi) is 10.8. The van der Waals surface area contributed by atoms with Gasteiger partial charge in [0.05, 0.1) is 5.02 Å². The third-order valence-corrected chi connectivity index (χ3v) is 13.7. The van der Waals surface area contributed by atoms with E-state index in [-0.39, 0.29) is 27.2 Å². The molecule has 4 aliphatic rings. The number of fused-ring (bicyclic) bond motifs is 4. The molecule has 2 unspecified atom stereocenters. The van der Waals surface area contributed by atoms with E-state index < -0.39 is 31.9 Å². The van der Waals surface area contributed by atoms with Crippen LogP contribution >= 0.6 is 11.6 Å². The highest BCUT2D eigenvalue weighted by atomic mass is 35.5. The molecule has 17 heteroatoms. The Morgan fingerprint density at radius 2 is 1.09 bits per heavy atom. The van der Waals surface area contributed by atoms with Gasteiger partial charge in [0.1, 0.15) is 0 Å². The first-order chi connectivity index (χ1) is 26.1. The molecule has 294 valence electrons. The highest BCUT2D eigenvalue weighted by molar-refractivity contribution is 7.91. The smallest absolute Gasteiger partial charge is 0.307 e. The van der Waals surface area contributed by atoms with Gasteiger partial charge < -0.3 is 10.6 Å². The first-order valence-corrected chi connectivity index (χ1v) is 22.5. The van der Waals surface area contributed by atoms with Crippen LogP contribution in [0.3, 0.4) is 0 Å². The number of anilines is 2. The van der Waals surface area contributed by atoms with Gasteiger partial charge in [-0.15, -0.1) is 0 Å². The summed E-state index contributed by atoms with van der Waals surface area (Å²) in [6, 6.07) is 4.92. The predicted octanol–water partition coefficient (Wildman–Crippen LogP) is 7.82. The van der Waals surface area contributed by atoms with Gasteiger partial charge in [0.15, 0.2) is 29.9 Å². The number of hydrogen-bond acceptors (Lipinski definition) is 8. The van der Waals surface area contributed by atoms with E-state index in [1.165, 1.54) is 61.5 Å². The average Bonchev–Trinajstić information content (AvgIpc) is 3.95. The van der Waals surface area contributed by atoms with Crippen molar-refractivity contribution in [2.24, 2.45) is 0 Å². The second-order valence-electron chi connectivity index (χ2n) is 15.3. The van der Waals surface area contributed by atoms with Crippen molar-refractivity contribution < 1.29 is 18.0 Å². The standard InChI is InChI=1S/C19H24ClN5O2S.C19H25N5O2S/c1-11(2)25-10-16(20)18(23-25)28(21,27)24-19(26)22-17-14-7-3-5-12(14)9-13-6-4-8-15(13)17;1-12(2)24-10-9-17(22-24)27(20,26)23-19(25)21-18-15-7-3-5-13(15)11-14-6-4-8-16(14)18/h9-11H,3-8H2,1-2H3,(H3,21,22,24,26,27);9-12H,3-8H2,1-2H3,(H3,20,21,23,25,26). The molecule has 2 heterocycles. The second kappa shape index (κ2) is 15.3. The van der Waals surface area contributed by atoms with Gasteiger partial charge in [-0.25, -0.2) is 37.0 Å². The number of aryl methyl sites for hydroxylation is 4. The fraction of sp³-hybridized carbons (Fsp3) is 0.474. The second-order valence-corrected chi connectivity index (χ2v) is 19.1. The Morgan fingerprint density at radius 3 is 1.47 bits per heavy atom. The number of benzene rings is 2. The molecule has 0 fully saturated rings. The van der Waals surface area contributed by atoms with Gasteiger partial charge >= 0.3 is 12.1 Å². The lowest BCUT2D eigenvalue weighted by atomic mass is 9.99. The molecule has 6 N–H and O–H groups in total. The molecule has 8 rings (SSSR count). The summed E-state index contributed by atoms with van der Waals surface area (Å²) in [7, 11) is -7.19. The number of nitrogens with zero attached hydrogens (tertiary/aromatic N) is 4. The van der Waals surface area contributed by atoms with Crippen molar-refractivity contribution in [2.75, 3.05) is 10.6 Å². The predicted molar refractivity (Wildman–Crippen MR) is 214 cm³/mol. The molecular weight excluding hydrogens is 760 g/mol. The summed E-state index contributed by atoms with van der Waals surface area (Å²) in [6.07, 6.45) is 15.4. The fourth-order valence-electron chi connectivity index (χ4n) is 8.15. The number of hydrogen-bond donors (Lipinski definition) is 6. The van der Waals surface area contributed by atoms with E-state index in [4.69, 9.17) is 21.2 Å². The van der Waals surface area contributed by atoms with Crippen LogP contribution in [0.15, 0.2) is 40.6 Å². The minimum Gasteiger partial charge on any atom is -0.307 e. The van der Waals surface area contributed by atoms with Crippen LogP contribution in [0.5, 0.6) is 0 Å². The van der Waals surface area contributed by atoms with Gasteiger partial charge in [0.2, 0.25) is 0 Å². The number of rotatable bonds is 8. The number of carbonyl (C=O) groups is 2. The average molecular weight is 809 g/mol. The van der Waals surface area contributed by atoms with Gasteiger partial charge in [-0.05, 0) is 155 Å². The molecule has 0 bridgehead atoms. The molecule has 2 aromatic carbocycles. The largest absolute Gasteiger partial charge is 0.332 e. The summed E-state index contributed by atoms with van der Waals surface area (Å²) in [6.45, 7) is 7.68. The summed E-state index contributed by atoms with van der Waals surface area (Å²) >= 11 is 6.12. The Bertz CT molecular complexity index is 2340. The van der Waals surface area contributed by atoms with Crippen molar-refractivity contribution in [3.63, 3.8) is 0 Å². The molecule has 0 radical (unpaired) electrons. The molecule has 55 heavy (non-hydrogen) atoms. The fourth-order valence-corrected chi connectivity index (χ4v) is 10.4. The third-order valence-electron chi connectivity index (χ3n) is 10.8. The maximum absolute atomic E-state index is 12.8. The Balaban J connectivity index is 0.000000169. The third kappa shape index (κ3) is 7.99. The van der Waals surface area contributed by atoms with Crippen LogP contribution in [-0.4, -0.2) is 40.0 Å². The van der Waals surface area contributed by atoms with Crippen molar-refractivity contribution >= 4 is 54.9 Å². The van der Waals surface area contributed by atoms with Crippen molar-refractivity contribution in [3.05, 3.63) is 80.1 Å². The molecule has 2 aromatic heterocycles. The van der Waals surface area contributed by atoms with E-state index in [2.05, 4.69) is 42.4 Å². The minimum absolute atomic E-state index is 0.00442. The van der Waals surface area contributed by atoms with Crippen molar-refractivity contribution in [2.45, 2.75) is 127 Å². The van der Waals surface area contributed by atoms with Crippen LogP contribution in [0.25, 0.3) is 0 Å². The normalized spacial score (nSPS) is 17.4. The maximum Gasteiger partial charge on any atom is 0.332 e. The maximum atomic E-state index is 12.8. The minimum atomic E-state index is -3.68. The Hall–Kier alpha value is -4.41. The first-order valence-electron chi connectivity index (χ1n) is 19.0. The lowest BCUT2D eigenvalue weighted by Gasteiger charge is -2.17. The molecule has 0 aliphatic heterocycles. The van der Waals surface area contributed by atoms with E-state index in [0.29, 0.717) is 0 Å². The van der Waals surface area contributed by atoms with E-state index in [1.54, 1.807) is 10.9 Å². The van der Waals surface area contributed by atoms with Crippen molar-refractivity contribution in [3.8, 4) is 0 Å². The molecular formula is C38H49ClN10O4S2. The molecule has 4 amide bonds. The summed E-state index contributed by atoms with van der Waals surface area (Å²) in [5, 5.41) is 14.2. The van der Waals surface area contributed by atoms with Gasteiger partial charge in [-0.1, -0.05) is 23.7 Å². The van der Waals surface area contributed by atoms with Gasteiger partial charge in [-0.3, -0.25) is 9.36 Å². The molecule has 2 atom stereocenters. The van der Waals surface area contributed by atoms with Gasteiger partial charge in [-0.2, -0.15) is 10.2 Å². The monoisotopic (exact) mass is 808 g/mol. The molecule has 0 saturated heterocycles. The van der Waals surface area contributed by atoms with Crippen LogP contribution in [0.2, 0.25) is 5.02 Å². The van der Waals surface area contributed by atoms with E-state index in [1.807, 2.05) is 27.7 Å². The number of carbonyl (C=O) groups excluding carboxylic acids is 2. The summed E-state index contributed by atoms with van der Waals surface area (Å²) in [4.78, 5) is 25.2. The van der Waals surface area contributed by atoms with Crippen LogP contribution in [0.4, 0.5) is 21.0 Å². The SMILES string of the molecule is CC(C)n1cc(Cl)c(S(=N)(=O)NC(=O)Nc2c3c(cc4c2CCC4)CCC3)n1.CC(C)n1ccc(S(=N)(=O)NC(=O)Nc2c3c(cc4c2CCC4)CCC3)n1. The molecule has 4 aliphatic carbocycles. The number of aromatic nitrogens is 4. The summed E-state index contributed by atoms with van der Waals surface area (Å²) in [5.74, 6) is 0.